The van der Waals surface area contributed by atoms with Crippen LogP contribution in [0.15, 0.2) is 140 Å². The number of benzene rings is 6. The summed E-state index contributed by atoms with van der Waals surface area (Å²) in [7, 11) is 0. The van der Waals surface area contributed by atoms with Gasteiger partial charge < -0.3 is 4.57 Å². The molecule has 1 aromatic heterocycles. The quantitative estimate of drug-likeness (QED) is 0.227. The second-order valence-electron chi connectivity index (χ2n) is 10.3. The minimum Gasteiger partial charge on any atom is -0.309 e. The van der Waals surface area contributed by atoms with Crippen molar-refractivity contribution >= 4 is 21.8 Å². The van der Waals surface area contributed by atoms with Gasteiger partial charge in [0.2, 0.25) is 0 Å². The maximum atomic E-state index is 2.44. The van der Waals surface area contributed by atoms with E-state index in [-0.39, 0.29) is 0 Å². The Hall–Kier alpha value is -4.88. The van der Waals surface area contributed by atoms with Gasteiger partial charge in [0.15, 0.2) is 0 Å². The highest BCUT2D eigenvalue weighted by molar-refractivity contribution is 6.12. The second kappa shape index (κ2) is 9.45. The number of aryl methyl sites for hydroxylation is 2. The van der Waals surface area contributed by atoms with E-state index < -0.39 is 0 Å². The highest BCUT2D eigenvalue weighted by Crippen LogP contribution is 2.40. The van der Waals surface area contributed by atoms with Gasteiger partial charge in [0.25, 0.3) is 0 Å². The Labute approximate surface area is 229 Å². The number of rotatable bonds is 4. The van der Waals surface area contributed by atoms with E-state index >= 15 is 0 Å². The summed E-state index contributed by atoms with van der Waals surface area (Å²) in [6.45, 7) is 4.50. The van der Waals surface area contributed by atoms with Crippen LogP contribution in [0.3, 0.4) is 0 Å². The molecule has 1 heterocycles. The van der Waals surface area contributed by atoms with Gasteiger partial charge in [-0.1, -0.05) is 109 Å². The largest absolute Gasteiger partial charge is 0.309 e. The number of para-hydroxylation sites is 1. The molecule has 7 rings (SSSR count). The predicted octanol–water partition coefficient (Wildman–Crippen LogP) is 10.4. The standard InChI is InChI=1S/C38H29N/c1-26-18-19-30(28-12-6-3-7-13-28)24-35(26)33-21-22-34-36-25-31(29-14-8-4-9-15-29)20-23-37(36)39(38(34)27(33)2)32-16-10-5-11-17-32/h3-25H,1-2H3. The van der Waals surface area contributed by atoms with Gasteiger partial charge in [-0.3, -0.25) is 0 Å². The molecular formula is C38H29N. The first kappa shape index (κ1) is 23.3. The van der Waals surface area contributed by atoms with E-state index in [0.29, 0.717) is 0 Å². The van der Waals surface area contributed by atoms with E-state index in [9.17, 15) is 0 Å². The molecule has 0 aliphatic carbocycles. The van der Waals surface area contributed by atoms with Gasteiger partial charge in [-0.25, -0.2) is 0 Å². The van der Waals surface area contributed by atoms with E-state index in [2.05, 4.69) is 158 Å². The molecule has 0 aliphatic heterocycles. The lowest BCUT2D eigenvalue weighted by Crippen LogP contribution is -1.97. The Bertz CT molecular complexity index is 1950. The number of fused-ring (bicyclic) bond motifs is 3. The summed E-state index contributed by atoms with van der Waals surface area (Å²) in [5.74, 6) is 0. The van der Waals surface area contributed by atoms with Crippen molar-refractivity contribution < 1.29 is 0 Å². The van der Waals surface area contributed by atoms with Gasteiger partial charge >= 0.3 is 0 Å². The summed E-state index contributed by atoms with van der Waals surface area (Å²) < 4.78 is 2.44. The lowest BCUT2D eigenvalue weighted by molar-refractivity contribution is 1.17. The van der Waals surface area contributed by atoms with Gasteiger partial charge in [0, 0.05) is 16.5 Å². The molecule has 39 heavy (non-hydrogen) atoms. The molecule has 0 spiro atoms. The van der Waals surface area contributed by atoms with Gasteiger partial charge in [-0.05, 0) is 88.7 Å². The van der Waals surface area contributed by atoms with Crippen LogP contribution in [-0.4, -0.2) is 4.57 Å². The Morgan fingerprint density at radius 2 is 1.03 bits per heavy atom. The van der Waals surface area contributed by atoms with Crippen LogP contribution in [0.5, 0.6) is 0 Å². The van der Waals surface area contributed by atoms with Crippen LogP contribution >= 0.6 is 0 Å². The zero-order valence-corrected chi connectivity index (χ0v) is 22.2. The maximum Gasteiger partial charge on any atom is 0.0576 e. The van der Waals surface area contributed by atoms with Gasteiger partial charge in [-0.15, -0.1) is 0 Å². The molecule has 6 aromatic carbocycles. The van der Waals surface area contributed by atoms with E-state index in [1.165, 1.54) is 72.0 Å². The molecule has 1 heteroatoms. The SMILES string of the molecule is Cc1ccc(-c2ccccc2)cc1-c1ccc2c3cc(-c4ccccc4)ccc3n(-c3ccccc3)c2c1C. The molecule has 0 saturated carbocycles. The van der Waals surface area contributed by atoms with E-state index in [4.69, 9.17) is 0 Å². The Kier molecular flexibility index (Phi) is 5.64. The number of aromatic nitrogens is 1. The molecule has 0 N–H and O–H groups in total. The van der Waals surface area contributed by atoms with Crippen LogP contribution in [0.2, 0.25) is 0 Å². The summed E-state index contributed by atoms with van der Waals surface area (Å²) >= 11 is 0. The number of hydrogen-bond donors (Lipinski definition) is 0. The molecule has 0 bridgehead atoms. The van der Waals surface area contributed by atoms with E-state index in [1.807, 2.05) is 0 Å². The van der Waals surface area contributed by atoms with Gasteiger partial charge in [0.1, 0.15) is 0 Å². The zero-order chi connectivity index (χ0) is 26.3. The lowest BCUT2D eigenvalue weighted by Gasteiger charge is -2.15. The van der Waals surface area contributed by atoms with Crippen LogP contribution in [0.25, 0.3) is 60.9 Å². The highest BCUT2D eigenvalue weighted by Gasteiger charge is 2.18. The third kappa shape index (κ3) is 3.95. The summed E-state index contributed by atoms with van der Waals surface area (Å²) in [6.07, 6.45) is 0. The van der Waals surface area contributed by atoms with Gasteiger partial charge in [-0.2, -0.15) is 0 Å². The van der Waals surface area contributed by atoms with Crippen molar-refractivity contribution in [2.45, 2.75) is 13.8 Å². The first-order chi connectivity index (χ1) is 19.2. The third-order valence-corrected chi connectivity index (χ3v) is 7.94. The summed E-state index contributed by atoms with van der Waals surface area (Å²) in [6, 6.07) is 50.4. The molecule has 0 radical (unpaired) electrons. The fourth-order valence-electron chi connectivity index (χ4n) is 5.94. The Morgan fingerprint density at radius 3 is 1.69 bits per heavy atom. The van der Waals surface area contributed by atoms with Crippen molar-refractivity contribution in [2.24, 2.45) is 0 Å². The molecule has 186 valence electrons. The highest BCUT2D eigenvalue weighted by atomic mass is 15.0. The fourth-order valence-corrected chi connectivity index (χ4v) is 5.94. The summed E-state index contributed by atoms with van der Waals surface area (Å²) in [5.41, 5.74) is 13.8. The normalized spacial score (nSPS) is 11.3. The van der Waals surface area contributed by atoms with Crippen molar-refractivity contribution in [1.82, 2.24) is 4.57 Å². The first-order valence-corrected chi connectivity index (χ1v) is 13.5. The van der Waals surface area contributed by atoms with Crippen molar-refractivity contribution in [1.29, 1.82) is 0 Å². The summed E-state index contributed by atoms with van der Waals surface area (Å²) in [5, 5.41) is 2.56. The first-order valence-electron chi connectivity index (χ1n) is 13.5. The molecular weight excluding hydrogens is 470 g/mol. The van der Waals surface area contributed by atoms with Crippen LogP contribution in [0.4, 0.5) is 0 Å². The van der Waals surface area contributed by atoms with Crippen molar-refractivity contribution in [2.75, 3.05) is 0 Å². The lowest BCUT2D eigenvalue weighted by atomic mass is 9.91. The van der Waals surface area contributed by atoms with Crippen LogP contribution in [0, 0.1) is 13.8 Å². The Balaban J connectivity index is 1.51. The molecule has 0 saturated heterocycles. The minimum atomic E-state index is 1.18. The number of hydrogen-bond acceptors (Lipinski definition) is 0. The van der Waals surface area contributed by atoms with Crippen molar-refractivity contribution in [3.05, 3.63) is 151 Å². The zero-order valence-electron chi connectivity index (χ0n) is 22.2. The van der Waals surface area contributed by atoms with Crippen LogP contribution in [0.1, 0.15) is 11.1 Å². The van der Waals surface area contributed by atoms with Gasteiger partial charge in [0.05, 0.1) is 11.0 Å². The molecule has 0 atom stereocenters. The van der Waals surface area contributed by atoms with E-state index in [1.54, 1.807) is 0 Å². The number of nitrogens with zero attached hydrogens (tertiary/aromatic N) is 1. The predicted molar refractivity (Wildman–Crippen MR) is 167 cm³/mol. The second-order valence-corrected chi connectivity index (χ2v) is 10.3. The van der Waals surface area contributed by atoms with Crippen molar-refractivity contribution in [3.8, 4) is 39.1 Å². The smallest absolute Gasteiger partial charge is 0.0576 e. The molecule has 7 aromatic rings. The Morgan fingerprint density at radius 1 is 0.436 bits per heavy atom. The van der Waals surface area contributed by atoms with Crippen LogP contribution < -0.4 is 0 Å². The molecule has 1 nitrogen and oxygen atoms in total. The maximum absolute atomic E-state index is 2.44. The average molecular weight is 500 g/mol. The fraction of sp³-hybridized carbons (Fsp3) is 0.0526. The topological polar surface area (TPSA) is 4.93 Å². The minimum absolute atomic E-state index is 1.18. The molecule has 0 fully saturated rings. The monoisotopic (exact) mass is 499 g/mol. The molecule has 0 amide bonds. The third-order valence-electron chi connectivity index (χ3n) is 7.94. The van der Waals surface area contributed by atoms with Crippen LogP contribution in [-0.2, 0) is 0 Å². The molecule has 0 aliphatic rings. The van der Waals surface area contributed by atoms with Crippen molar-refractivity contribution in [3.63, 3.8) is 0 Å². The molecule has 0 unspecified atom stereocenters. The average Bonchev–Trinajstić information content (AvgIpc) is 3.34. The summed E-state index contributed by atoms with van der Waals surface area (Å²) in [4.78, 5) is 0. The van der Waals surface area contributed by atoms with E-state index in [0.717, 1.165) is 0 Å².